The second kappa shape index (κ2) is 12.8. The van der Waals surface area contributed by atoms with E-state index in [0.717, 1.165) is 64.5 Å². The Morgan fingerprint density at radius 1 is 0.950 bits per heavy atom. The summed E-state index contributed by atoms with van der Waals surface area (Å²) in [5, 5.41) is 7.30. The Morgan fingerprint density at radius 2 is 1.65 bits per heavy atom. The summed E-state index contributed by atoms with van der Waals surface area (Å²) in [4.78, 5) is 16.2. The zero-order valence-corrected chi connectivity index (χ0v) is 26.1. The SMILES string of the molecule is CC1CCC(F)C2CC(C(=O)N[C@@H]3CCC[C@H](N4CC[C@@H](N(C)S(C)(=O)=O)C4)C3)NC12C1CCCCCCCC1. The smallest absolute Gasteiger partial charge is 0.237 e. The molecule has 5 rings (SSSR count). The standard InChI is InChI=1S/C31H55FN4O3S/c1-22-15-16-28(32)27-20-29(34-31(22,27)23-11-8-6-4-5-7-9-12-23)30(37)33-24-13-10-14-25(19-24)36-18-17-26(21-36)35(2)40(3,38)39/h22-29,34H,4-21H2,1-3H3,(H,33,37)/t22?,24-,25+,26-,27?,28?,29?,31?/m1/s1. The molecule has 0 bridgehead atoms. The van der Waals surface area contributed by atoms with E-state index in [2.05, 4.69) is 22.5 Å². The highest BCUT2D eigenvalue weighted by atomic mass is 32.2. The van der Waals surface area contributed by atoms with E-state index in [1.807, 2.05) is 0 Å². The lowest BCUT2D eigenvalue weighted by atomic mass is 9.59. The molecule has 9 heteroatoms. The molecule has 3 aliphatic carbocycles. The first-order valence-electron chi connectivity index (χ1n) is 16.5. The summed E-state index contributed by atoms with van der Waals surface area (Å²) in [6.45, 7) is 3.98. The Balaban J connectivity index is 1.22. The molecule has 0 radical (unpaired) electrons. The van der Waals surface area contributed by atoms with Crippen molar-refractivity contribution >= 4 is 15.9 Å². The van der Waals surface area contributed by atoms with Crippen LogP contribution in [0.1, 0.15) is 110 Å². The van der Waals surface area contributed by atoms with Crippen LogP contribution in [0.4, 0.5) is 4.39 Å². The number of halogens is 1. The number of rotatable bonds is 6. The van der Waals surface area contributed by atoms with Crippen molar-refractivity contribution in [2.45, 2.75) is 146 Å². The van der Waals surface area contributed by atoms with Crippen molar-refractivity contribution < 1.29 is 17.6 Å². The highest BCUT2D eigenvalue weighted by Gasteiger charge is 2.59. The van der Waals surface area contributed by atoms with Crippen molar-refractivity contribution in [3.05, 3.63) is 0 Å². The van der Waals surface area contributed by atoms with Gasteiger partial charge < -0.3 is 5.32 Å². The number of nitrogens with zero attached hydrogens (tertiary/aromatic N) is 2. The zero-order chi connectivity index (χ0) is 28.5. The number of likely N-dealkylation sites (tertiary alicyclic amines) is 1. The lowest BCUT2D eigenvalue weighted by Crippen LogP contribution is -2.62. The van der Waals surface area contributed by atoms with Crippen LogP contribution in [-0.4, -0.2) is 85.8 Å². The van der Waals surface area contributed by atoms with E-state index < -0.39 is 16.2 Å². The molecule has 2 N–H and O–H groups in total. The normalized spacial score (nSPS) is 40.8. The van der Waals surface area contributed by atoms with Crippen LogP contribution in [0.3, 0.4) is 0 Å². The lowest BCUT2D eigenvalue weighted by Gasteiger charge is -2.51. The largest absolute Gasteiger partial charge is 0.352 e. The Morgan fingerprint density at radius 3 is 2.35 bits per heavy atom. The molecule has 5 fully saturated rings. The Labute approximate surface area is 242 Å². The molecule has 7 nitrogen and oxygen atoms in total. The maximum atomic E-state index is 15.6. The van der Waals surface area contributed by atoms with Gasteiger partial charge >= 0.3 is 0 Å². The monoisotopic (exact) mass is 582 g/mol. The Kier molecular flexibility index (Phi) is 9.85. The van der Waals surface area contributed by atoms with Gasteiger partial charge in [0.1, 0.15) is 6.17 Å². The summed E-state index contributed by atoms with van der Waals surface area (Å²) >= 11 is 0. The predicted octanol–water partition coefficient (Wildman–Crippen LogP) is 4.62. The van der Waals surface area contributed by atoms with Crippen LogP contribution in [0.2, 0.25) is 0 Å². The van der Waals surface area contributed by atoms with Gasteiger partial charge in [-0.15, -0.1) is 0 Å². The van der Waals surface area contributed by atoms with E-state index in [-0.39, 0.29) is 35.5 Å². The van der Waals surface area contributed by atoms with Gasteiger partial charge in [-0.3, -0.25) is 15.0 Å². The van der Waals surface area contributed by atoms with Crippen molar-refractivity contribution in [2.24, 2.45) is 17.8 Å². The van der Waals surface area contributed by atoms with Gasteiger partial charge in [0.05, 0.1) is 12.3 Å². The topological polar surface area (TPSA) is 81.8 Å². The van der Waals surface area contributed by atoms with E-state index in [1.54, 1.807) is 7.05 Å². The average molecular weight is 583 g/mol. The van der Waals surface area contributed by atoms with Gasteiger partial charge in [-0.2, -0.15) is 0 Å². The lowest BCUT2D eigenvalue weighted by molar-refractivity contribution is -0.124. The van der Waals surface area contributed by atoms with Crippen LogP contribution in [0.25, 0.3) is 0 Å². The molecule has 5 unspecified atom stereocenters. The average Bonchev–Trinajstić information content (AvgIpc) is 3.59. The van der Waals surface area contributed by atoms with Gasteiger partial charge in [0.15, 0.2) is 0 Å². The molecular formula is C31H55FN4O3S. The predicted molar refractivity (Wildman–Crippen MR) is 158 cm³/mol. The third kappa shape index (κ3) is 6.42. The molecule has 2 saturated heterocycles. The van der Waals surface area contributed by atoms with Gasteiger partial charge in [0, 0.05) is 49.7 Å². The zero-order valence-electron chi connectivity index (χ0n) is 25.3. The number of fused-ring (bicyclic) bond motifs is 1. The summed E-state index contributed by atoms with van der Waals surface area (Å²) in [6.07, 6.45) is 17.5. The van der Waals surface area contributed by atoms with Crippen LogP contribution in [0.5, 0.6) is 0 Å². The minimum atomic E-state index is -3.20. The van der Waals surface area contributed by atoms with E-state index in [0.29, 0.717) is 30.7 Å². The molecule has 5 aliphatic rings. The molecule has 3 saturated carbocycles. The third-order valence-electron chi connectivity index (χ3n) is 11.7. The van der Waals surface area contributed by atoms with Crippen molar-refractivity contribution in [3.63, 3.8) is 0 Å². The summed E-state index contributed by atoms with van der Waals surface area (Å²) in [5.74, 6) is 0.845. The van der Waals surface area contributed by atoms with E-state index in [1.165, 1.54) is 49.1 Å². The summed E-state index contributed by atoms with van der Waals surface area (Å²) in [6, 6.07) is 0.218. The quantitative estimate of drug-likeness (QED) is 0.478. The number of likely N-dealkylation sites (N-methyl/N-ethyl adjacent to an activating group) is 1. The summed E-state index contributed by atoms with van der Waals surface area (Å²) < 4.78 is 41.2. The van der Waals surface area contributed by atoms with Crippen LogP contribution in [-0.2, 0) is 14.8 Å². The van der Waals surface area contributed by atoms with Gasteiger partial charge in [0.25, 0.3) is 0 Å². The van der Waals surface area contributed by atoms with Gasteiger partial charge in [-0.1, -0.05) is 45.4 Å². The molecular weight excluding hydrogens is 527 g/mol. The van der Waals surface area contributed by atoms with Crippen LogP contribution >= 0.6 is 0 Å². The molecule has 0 aromatic carbocycles. The second-order valence-corrected chi connectivity index (χ2v) is 16.1. The highest BCUT2D eigenvalue weighted by molar-refractivity contribution is 7.88. The van der Waals surface area contributed by atoms with Crippen LogP contribution in [0.15, 0.2) is 0 Å². The number of alkyl halides is 1. The van der Waals surface area contributed by atoms with E-state index >= 15 is 4.39 Å². The molecule has 0 aromatic heterocycles. The fourth-order valence-corrected chi connectivity index (χ4v) is 10.1. The molecule has 2 aliphatic heterocycles. The maximum Gasteiger partial charge on any atom is 0.237 e. The first-order valence-corrected chi connectivity index (χ1v) is 18.3. The molecule has 2 heterocycles. The first-order chi connectivity index (χ1) is 19.1. The number of nitrogens with one attached hydrogen (secondary N) is 2. The molecule has 0 spiro atoms. The minimum Gasteiger partial charge on any atom is -0.352 e. The number of hydrogen-bond donors (Lipinski definition) is 2. The van der Waals surface area contributed by atoms with Crippen molar-refractivity contribution in [1.29, 1.82) is 0 Å². The fraction of sp³-hybridized carbons (Fsp3) is 0.968. The van der Waals surface area contributed by atoms with Gasteiger partial charge in [0.2, 0.25) is 15.9 Å². The third-order valence-corrected chi connectivity index (χ3v) is 13.1. The maximum absolute atomic E-state index is 15.6. The first kappa shape index (κ1) is 30.7. The molecule has 230 valence electrons. The molecule has 8 atom stereocenters. The number of sulfonamides is 1. The van der Waals surface area contributed by atoms with Crippen LogP contribution < -0.4 is 10.6 Å². The van der Waals surface area contributed by atoms with Gasteiger partial charge in [-0.05, 0) is 76.0 Å². The minimum absolute atomic E-state index is 0.0282. The van der Waals surface area contributed by atoms with Gasteiger partial charge in [-0.25, -0.2) is 17.1 Å². The molecule has 1 amide bonds. The fourth-order valence-electron chi connectivity index (χ4n) is 9.42. The number of hydrogen-bond acceptors (Lipinski definition) is 5. The van der Waals surface area contributed by atoms with Crippen molar-refractivity contribution in [2.75, 3.05) is 26.4 Å². The molecule has 40 heavy (non-hydrogen) atoms. The highest BCUT2D eigenvalue weighted by Crippen LogP contribution is 2.53. The van der Waals surface area contributed by atoms with Crippen LogP contribution in [0, 0.1) is 17.8 Å². The summed E-state index contributed by atoms with van der Waals surface area (Å²) in [5.41, 5.74) is -0.255. The number of carbonyl (C=O) groups excluding carboxylic acids is 1. The van der Waals surface area contributed by atoms with E-state index in [9.17, 15) is 13.2 Å². The molecule has 0 aromatic rings. The van der Waals surface area contributed by atoms with Crippen molar-refractivity contribution in [1.82, 2.24) is 19.8 Å². The van der Waals surface area contributed by atoms with E-state index in [4.69, 9.17) is 0 Å². The Bertz CT molecular complexity index is 972. The second-order valence-electron chi connectivity index (χ2n) is 14.1. The van der Waals surface area contributed by atoms with Crippen molar-refractivity contribution in [3.8, 4) is 0 Å². The number of carbonyl (C=O) groups is 1. The Hall–Kier alpha value is -0.770. The summed E-state index contributed by atoms with van der Waals surface area (Å²) in [7, 11) is -1.51. The number of amides is 1.